The highest BCUT2D eigenvalue weighted by Gasteiger charge is 2.31. The molecule has 2 atom stereocenters. The first kappa shape index (κ1) is 16.7. The summed E-state index contributed by atoms with van der Waals surface area (Å²) in [5, 5.41) is 3.84. The third kappa shape index (κ3) is 3.83. The average molecular weight is 323 g/mol. The molecule has 1 aliphatic heterocycles. The molecule has 3 rings (SSSR count). The number of hydrogen-bond donors (Lipinski definition) is 1. The minimum absolute atomic E-state index is 0.530. The number of anilines is 1. The summed E-state index contributed by atoms with van der Waals surface area (Å²) in [6.45, 7) is 1.78. The van der Waals surface area contributed by atoms with Crippen molar-refractivity contribution >= 4 is 5.69 Å². The first-order chi connectivity index (χ1) is 11.0. The normalized spacial score (nSPS) is 26.2. The monoisotopic (exact) mass is 323 g/mol. The van der Waals surface area contributed by atoms with Crippen LogP contribution in [0.2, 0.25) is 0 Å². The predicted octanol–water partition coefficient (Wildman–Crippen LogP) is 3.01. The van der Waals surface area contributed by atoms with Gasteiger partial charge < -0.3 is 15.1 Å². The fourth-order valence-electron chi connectivity index (χ4n) is 4.04. The maximum Gasteiger partial charge on any atom is 0.160 e. The molecule has 0 bridgehead atoms. The largest absolute Gasteiger partial charge is 0.371 e. The quantitative estimate of drug-likeness (QED) is 0.919. The number of rotatable bonds is 4. The zero-order valence-corrected chi connectivity index (χ0v) is 14.1. The molecule has 2 aliphatic rings. The molecule has 2 fully saturated rings. The number of nitrogens with zero attached hydrogens (tertiary/aromatic N) is 2. The van der Waals surface area contributed by atoms with Gasteiger partial charge in [0.15, 0.2) is 11.6 Å². The van der Waals surface area contributed by atoms with Crippen molar-refractivity contribution in [1.29, 1.82) is 0 Å². The van der Waals surface area contributed by atoms with E-state index >= 15 is 0 Å². The van der Waals surface area contributed by atoms with Crippen LogP contribution in [0.1, 0.15) is 32.1 Å². The van der Waals surface area contributed by atoms with Crippen LogP contribution in [0.4, 0.5) is 14.5 Å². The van der Waals surface area contributed by atoms with Gasteiger partial charge in [-0.25, -0.2) is 8.78 Å². The molecule has 5 heteroatoms. The summed E-state index contributed by atoms with van der Waals surface area (Å²) in [7, 11) is 4.33. The van der Waals surface area contributed by atoms with E-state index in [0.29, 0.717) is 18.1 Å². The van der Waals surface area contributed by atoms with Crippen LogP contribution in [0.15, 0.2) is 18.2 Å². The first-order valence-electron chi connectivity index (χ1n) is 8.67. The number of hydrogen-bond acceptors (Lipinski definition) is 3. The van der Waals surface area contributed by atoms with E-state index in [2.05, 4.69) is 29.2 Å². The van der Waals surface area contributed by atoms with E-state index in [-0.39, 0.29) is 0 Å². The highest BCUT2D eigenvalue weighted by atomic mass is 19.2. The molecule has 1 N–H and O–H groups in total. The molecular weight excluding hydrogens is 296 g/mol. The second-order valence-corrected chi connectivity index (χ2v) is 7.09. The maximum absolute atomic E-state index is 13.4. The lowest BCUT2D eigenvalue weighted by Gasteiger charge is -2.37. The van der Waals surface area contributed by atoms with Crippen molar-refractivity contribution < 1.29 is 8.78 Å². The van der Waals surface area contributed by atoms with Crippen molar-refractivity contribution in [3.63, 3.8) is 0 Å². The predicted molar refractivity (Wildman–Crippen MR) is 89.8 cm³/mol. The van der Waals surface area contributed by atoms with Crippen LogP contribution in [0.5, 0.6) is 0 Å². The van der Waals surface area contributed by atoms with Crippen LogP contribution in [0.3, 0.4) is 0 Å². The first-order valence-corrected chi connectivity index (χ1v) is 8.67. The maximum atomic E-state index is 13.4. The third-order valence-electron chi connectivity index (χ3n) is 5.36. The van der Waals surface area contributed by atoms with Gasteiger partial charge in [0.25, 0.3) is 0 Å². The second kappa shape index (κ2) is 7.14. The average Bonchev–Trinajstić information content (AvgIpc) is 2.99. The van der Waals surface area contributed by atoms with Gasteiger partial charge in [-0.2, -0.15) is 0 Å². The smallest absolute Gasteiger partial charge is 0.160 e. The molecule has 1 aromatic carbocycles. The Balaban J connectivity index is 1.53. The van der Waals surface area contributed by atoms with Gasteiger partial charge in [0.2, 0.25) is 0 Å². The van der Waals surface area contributed by atoms with E-state index in [0.717, 1.165) is 31.6 Å². The zero-order chi connectivity index (χ0) is 16.4. The van der Waals surface area contributed by atoms with E-state index in [1.807, 2.05) is 0 Å². The fourth-order valence-corrected chi connectivity index (χ4v) is 4.04. The fraction of sp³-hybridized carbons (Fsp3) is 0.667. The zero-order valence-electron chi connectivity index (χ0n) is 14.1. The minimum Gasteiger partial charge on any atom is -0.371 e. The molecule has 1 saturated heterocycles. The second-order valence-electron chi connectivity index (χ2n) is 7.09. The summed E-state index contributed by atoms with van der Waals surface area (Å²) in [5.74, 6) is -1.54. The van der Waals surface area contributed by atoms with Crippen molar-refractivity contribution in [2.45, 2.75) is 50.2 Å². The molecule has 0 radical (unpaired) electrons. The van der Waals surface area contributed by atoms with E-state index < -0.39 is 11.6 Å². The van der Waals surface area contributed by atoms with Crippen molar-refractivity contribution in [2.24, 2.45) is 0 Å². The van der Waals surface area contributed by atoms with E-state index in [1.54, 1.807) is 6.07 Å². The van der Waals surface area contributed by atoms with Gasteiger partial charge in [-0.05, 0) is 51.9 Å². The van der Waals surface area contributed by atoms with Gasteiger partial charge in [0.1, 0.15) is 0 Å². The summed E-state index contributed by atoms with van der Waals surface area (Å²) in [5.41, 5.74) is 0.786. The Morgan fingerprint density at radius 2 is 1.78 bits per heavy atom. The van der Waals surface area contributed by atoms with Crippen molar-refractivity contribution in [1.82, 2.24) is 10.2 Å². The topological polar surface area (TPSA) is 18.5 Å². The van der Waals surface area contributed by atoms with Gasteiger partial charge in [-0.1, -0.05) is 6.42 Å². The Morgan fingerprint density at radius 3 is 2.43 bits per heavy atom. The molecule has 1 aromatic rings. The summed E-state index contributed by atoms with van der Waals surface area (Å²) < 4.78 is 26.4. The summed E-state index contributed by atoms with van der Waals surface area (Å²) in [6, 6.07) is 5.95. The Morgan fingerprint density at radius 1 is 1.04 bits per heavy atom. The lowest BCUT2D eigenvalue weighted by Crippen LogP contribution is -2.51. The Bertz CT molecular complexity index is 527. The van der Waals surface area contributed by atoms with Crippen LogP contribution in [0.25, 0.3) is 0 Å². The van der Waals surface area contributed by atoms with Crippen molar-refractivity contribution in [3.8, 4) is 0 Å². The molecule has 0 spiro atoms. The highest BCUT2D eigenvalue weighted by Crippen LogP contribution is 2.26. The standard InChI is InChI=1S/C18H27F2N3/c1-22(2)18-5-3-4-17(18)21-13-8-10-23(11-9-13)14-6-7-15(19)16(20)12-14/h6-7,12-13,17-18,21H,3-5,8-11H2,1-2H3/t17-,18-/m1/s1. The number of likely N-dealkylation sites (N-methyl/N-ethyl adjacent to an activating group) is 1. The van der Waals surface area contributed by atoms with Gasteiger partial charge in [-0.3, -0.25) is 0 Å². The summed E-state index contributed by atoms with van der Waals surface area (Å²) >= 11 is 0. The van der Waals surface area contributed by atoms with Crippen molar-refractivity contribution in [3.05, 3.63) is 29.8 Å². The number of piperidine rings is 1. The number of nitrogens with one attached hydrogen (secondary N) is 1. The Labute approximate surface area is 137 Å². The van der Waals surface area contributed by atoms with Crippen LogP contribution >= 0.6 is 0 Å². The highest BCUT2D eigenvalue weighted by molar-refractivity contribution is 5.47. The van der Waals surface area contributed by atoms with Gasteiger partial charge in [0.05, 0.1) is 0 Å². The Kier molecular flexibility index (Phi) is 5.17. The molecule has 0 amide bonds. The summed E-state index contributed by atoms with van der Waals surface area (Å²) in [6.07, 6.45) is 5.93. The molecule has 1 saturated carbocycles. The van der Waals surface area contributed by atoms with Gasteiger partial charge in [0, 0.05) is 43.0 Å². The van der Waals surface area contributed by atoms with E-state index in [1.165, 1.54) is 31.4 Å². The third-order valence-corrected chi connectivity index (χ3v) is 5.36. The lowest BCUT2D eigenvalue weighted by atomic mass is 10.0. The Hall–Kier alpha value is -1.20. The molecule has 1 heterocycles. The van der Waals surface area contributed by atoms with E-state index in [9.17, 15) is 8.78 Å². The molecule has 3 nitrogen and oxygen atoms in total. The minimum atomic E-state index is -0.777. The molecule has 23 heavy (non-hydrogen) atoms. The van der Waals surface area contributed by atoms with Crippen LogP contribution < -0.4 is 10.2 Å². The molecule has 128 valence electrons. The van der Waals surface area contributed by atoms with Crippen LogP contribution in [-0.2, 0) is 0 Å². The van der Waals surface area contributed by atoms with Gasteiger partial charge >= 0.3 is 0 Å². The van der Waals surface area contributed by atoms with Gasteiger partial charge in [-0.15, -0.1) is 0 Å². The number of halogens is 2. The summed E-state index contributed by atoms with van der Waals surface area (Å²) in [4.78, 5) is 4.49. The van der Waals surface area contributed by atoms with Crippen LogP contribution in [-0.4, -0.2) is 50.2 Å². The lowest BCUT2D eigenvalue weighted by molar-refractivity contribution is 0.232. The molecule has 0 unspecified atom stereocenters. The SMILES string of the molecule is CN(C)[C@@H]1CCC[C@H]1NC1CCN(c2ccc(F)c(F)c2)CC1. The van der Waals surface area contributed by atoms with E-state index in [4.69, 9.17) is 0 Å². The molecule has 0 aromatic heterocycles. The molecular formula is C18H27F2N3. The van der Waals surface area contributed by atoms with Crippen molar-refractivity contribution in [2.75, 3.05) is 32.1 Å². The number of benzene rings is 1. The van der Waals surface area contributed by atoms with Crippen LogP contribution in [0, 0.1) is 11.6 Å². The molecule has 1 aliphatic carbocycles.